The zero-order chi connectivity index (χ0) is 17.6. The molecule has 126 valence electrons. The highest BCUT2D eigenvalue weighted by Crippen LogP contribution is 2.27. The van der Waals surface area contributed by atoms with Crippen molar-refractivity contribution >= 4 is 22.7 Å². The van der Waals surface area contributed by atoms with Crippen LogP contribution in [0.3, 0.4) is 0 Å². The minimum Gasteiger partial charge on any atom is -0.466 e. The number of carbonyl (C=O) groups is 2. The molecule has 25 heavy (non-hydrogen) atoms. The van der Waals surface area contributed by atoms with Gasteiger partial charge in [0.2, 0.25) is 0 Å². The van der Waals surface area contributed by atoms with E-state index in [1.807, 2.05) is 36.4 Å². The molecule has 0 heterocycles. The van der Waals surface area contributed by atoms with Gasteiger partial charge < -0.3 is 9.47 Å². The van der Waals surface area contributed by atoms with Gasteiger partial charge in [0.25, 0.3) is 0 Å². The summed E-state index contributed by atoms with van der Waals surface area (Å²) in [5, 5.41) is 1.91. The van der Waals surface area contributed by atoms with E-state index in [0.29, 0.717) is 23.5 Å². The summed E-state index contributed by atoms with van der Waals surface area (Å²) in [6.45, 7) is 2.07. The lowest BCUT2D eigenvalue weighted by molar-refractivity contribution is -0.142. The van der Waals surface area contributed by atoms with Crippen LogP contribution in [-0.2, 0) is 16.0 Å². The smallest absolute Gasteiger partial charge is 0.343 e. The molecule has 0 amide bonds. The van der Waals surface area contributed by atoms with E-state index in [2.05, 4.69) is 0 Å². The Morgan fingerprint density at radius 2 is 1.52 bits per heavy atom. The highest BCUT2D eigenvalue weighted by Gasteiger charge is 2.15. The van der Waals surface area contributed by atoms with Crippen molar-refractivity contribution in [3.05, 3.63) is 77.9 Å². The molecular weight excluding hydrogens is 316 g/mol. The van der Waals surface area contributed by atoms with Gasteiger partial charge >= 0.3 is 11.9 Å². The van der Waals surface area contributed by atoms with Crippen LogP contribution in [-0.4, -0.2) is 18.5 Å². The summed E-state index contributed by atoms with van der Waals surface area (Å²) in [6.07, 6.45) is 0.0517. The molecule has 0 atom stereocenters. The van der Waals surface area contributed by atoms with Gasteiger partial charge in [0, 0.05) is 5.56 Å². The van der Waals surface area contributed by atoms with Crippen LogP contribution in [0.5, 0.6) is 5.75 Å². The van der Waals surface area contributed by atoms with Crippen molar-refractivity contribution in [3.63, 3.8) is 0 Å². The standard InChI is InChI=1S/C21H18O4/c1-2-24-20(22)14-18-12-16-10-6-7-11-17(16)13-19(18)25-21(23)15-8-4-3-5-9-15/h3-13H,2,14H2,1H3. The maximum absolute atomic E-state index is 12.4. The molecule has 4 nitrogen and oxygen atoms in total. The topological polar surface area (TPSA) is 52.6 Å². The van der Waals surface area contributed by atoms with E-state index < -0.39 is 5.97 Å². The maximum Gasteiger partial charge on any atom is 0.343 e. The molecule has 3 rings (SSSR count). The molecule has 0 aliphatic heterocycles. The Hall–Kier alpha value is -3.14. The van der Waals surface area contributed by atoms with E-state index in [4.69, 9.17) is 9.47 Å². The van der Waals surface area contributed by atoms with E-state index in [1.165, 1.54) is 0 Å². The number of hydrogen-bond acceptors (Lipinski definition) is 4. The molecule has 3 aromatic carbocycles. The minimum absolute atomic E-state index is 0.0517. The third-order valence-corrected chi connectivity index (χ3v) is 3.78. The first-order valence-electron chi connectivity index (χ1n) is 8.12. The Balaban J connectivity index is 1.96. The molecule has 0 aliphatic carbocycles. The molecule has 0 spiro atoms. The Morgan fingerprint density at radius 1 is 0.880 bits per heavy atom. The number of fused-ring (bicyclic) bond motifs is 1. The molecule has 0 unspecified atom stereocenters. The number of esters is 2. The van der Waals surface area contributed by atoms with E-state index >= 15 is 0 Å². The van der Waals surface area contributed by atoms with Crippen molar-refractivity contribution in [1.82, 2.24) is 0 Å². The Labute approximate surface area is 146 Å². The van der Waals surface area contributed by atoms with Gasteiger partial charge in [-0.1, -0.05) is 42.5 Å². The maximum atomic E-state index is 12.4. The number of benzene rings is 3. The second-order valence-electron chi connectivity index (χ2n) is 5.54. The number of rotatable bonds is 5. The first-order valence-corrected chi connectivity index (χ1v) is 8.12. The second kappa shape index (κ2) is 7.62. The van der Waals surface area contributed by atoms with Crippen molar-refractivity contribution in [2.75, 3.05) is 6.61 Å². The molecule has 4 heteroatoms. The fraction of sp³-hybridized carbons (Fsp3) is 0.143. The van der Waals surface area contributed by atoms with Crippen LogP contribution in [0.4, 0.5) is 0 Å². The van der Waals surface area contributed by atoms with Gasteiger partial charge in [0.05, 0.1) is 18.6 Å². The van der Waals surface area contributed by atoms with E-state index in [0.717, 1.165) is 10.8 Å². The molecule has 0 N–H and O–H groups in total. The molecule has 0 aliphatic rings. The Bertz CT molecular complexity index is 900. The predicted molar refractivity (Wildman–Crippen MR) is 95.7 cm³/mol. The normalized spacial score (nSPS) is 10.4. The lowest BCUT2D eigenvalue weighted by Gasteiger charge is -2.12. The lowest BCUT2D eigenvalue weighted by Crippen LogP contribution is -2.12. The Kier molecular flexibility index (Phi) is 5.09. The third kappa shape index (κ3) is 4.04. The molecule has 3 aromatic rings. The van der Waals surface area contributed by atoms with Crippen molar-refractivity contribution < 1.29 is 19.1 Å². The van der Waals surface area contributed by atoms with Crippen LogP contribution in [0.2, 0.25) is 0 Å². The average Bonchev–Trinajstić information content (AvgIpc) is 2.63. The van der Waals surface area contributed by atoms with Gasteiger partial charge in [0.15, 0.2) is 0 Å². The highest BCUT2D eigenvalue weighted by molar-refractivity contribution is 5.93. The number of ether oxygens (including phenoxy) is 2. The third-order valence-electron chi connectivity index (χ3n) is 3.78. The zero-order valence-corrected chi connectivity index (χ0v) is 13.9. The Morgan fingerprint density at radius 3 is 2.20 bits per heavy atom. The van der Waals surface area contributed by atoms with Gasteiger partial charge in [-0.25, -0.2) is 4.79 Å². The monoisotopic (exact) mass is 334 g/mol. The number of hydrogen-bond donors (Lipinski definition) is 0. The summed E-state index contributed by atoms with van der Waals surface area (Å²) in [5.74, 6) is -0.434. The molecule has 0 fully saturated rings. The summed E-state index contributed by atoms with van der Waals surface area (Å²) in [4.78, 5) is 24.3. The molecule has 0 bridgehead atoms. The molecule has 0 radical (unpaired) electrons. The van der Waals surface area contributed by atoms with Gasteiger partial charge in [-0.05, 0) is 42.0 Å². The fourth-order valence-corrected chi connectivity index (χ4v) is 2.60. The summed E-state index contributed by atoms with van der Waals surface area (Å²) in [5.41, 5.74) is 1.08. The van der Waals surface area contributed by atoms with E-state index in [-0.39, 0.29) is 12.4 Å². The van der Waals surface area contributed by atoms with Crippen LogP contribution < -0.4 is 4.74 Å². The summed E-state index contributed by atoms with van der Waals surface area (Å²) in [7, 11) is 0. The number of carbonyl (C=O) groups excluding carboxylic acids is 2. The van der Waals surface area contributed by atoms with Crippen molar-refractivity contribution in [2.45, 2.75) is 13.3 Å². The van der Waals surface area contributed by atoms with E-state index in [1.54, 1.807) is 37.3 Å². The quantitative estimate of drug-likeness (QED) is 0.519. The molecule has 0 aromatic heterocycles. The lowest BCUT2D eigenvalue weighted by atomic mass is 10.0. The van der Waals surface area contributed by atoms with Crippen LogP contribution in [0, 0.1) is 0 Å². The predicted octanol–water partition coefficient (Wildman–Crippen LogP) is 4.16. The van der Waals surface area contributed by atoms with Crippen molar-refractivity contribution in [3.8, 4) is 5.75 Å². The SMILES string of the molecule is CCOC(=O)Cc1cc2ccccc2cc1OC(=O)c1ccccc1. The average molecular weight is 334 g/mol. The summed E-state index contributed by atoms with van der Waals surface area (Å²) < 4.78 is 10.6. The molecule has 0 saturated heterocycles. The fourth-order valence-electron chi connectivity index (χ4n) is 2.60. The van der Waals surface area contributed by atoms with Crippen LogP contribution >= 0.6 is 0 Å². The van der Waals surface area contributed by atoms with Gasteiger partial charge in [-0.3, -0.25) is 4.79 Å². The zero-order valence-electron chi connectivity index (χ0n) is 13.9. The van der Waals surface area contributed by atoms with E-state index in [9.17, 15) is 9.59 Å². The van der Waals surface area contributed by atoms with Crippen molar-refractivity contribution in [1.29, 1.82) is 0 Å². The minimum atomic E-state index is -0.457. The largest absolute Gasteiger partial charge is 0.466 e. The van der Waals surface area contributed by atoms with Crippen LogP contribution in [0.1, 0.15) is 22.8 Å². The molecule has 0 saturated carbocycles. The van der Waals surface area contributed by atoms with Gasteiger partial charge in [-0.15, -0.1) is 0 Å². The second-order valence-corrected chi connectivity index (χ2v) is 5.54. The van der Waals surface area contributed by atoms with Crippen LogP contribution in [0.15, 0.2) is 66.7 Å². The summed E-state index contributed by atoms with van der Waals surface area (Å²) in [6, 6.07) is 20.1. The van der Waals surface area contributed by atoms with Crippen LogP contribution in [0.25, 0.3) is 10.8 Å². The highest BCUT2D eigenvalue weighted by atomic mass is 16.5. The molecular formula is C21H18O4. The van der Waals surface area contributed by atoms with Gasteiger partial charge in [0.1, 0.15) is 5.75 Å². The first kappa shape index (κ1) is 16.7. The van der Waals surface area contributed by atoms with Gasteiger partial charge in [-0.2, -0.15) is 0 Å². The first-order chi connectivity index (χ1) is 12.2. The van der Waals surface area contributed by atoms with Crippen molar-refractivity contribution in [2.24, 2.45) is 0 Å². The summed E-state index contributed by atoms with van der Waals surface area (Å²) >= 11 is 0.